The van der Waals surface area contributed by atoms with Gasteiger partial charge in [0.2, 0.25) is 5.78 Å². The number of carbonyl (C=O) groups excluding carboxylic acids is 2. The van der Waals surface area contributed by atoms with Crippen molar-refractivity contribution in [1.29, 1.82) is 0 Å². The maximum Gasteiger partial charge on any atom is 0.294 e. The number of nitrogens with zero attached hydrogens (tertiary/aromatic N) is 1. The van der Waals surface area contributed by atoms with Gasteiger partial charge < -0.3 is 9.84 Å². The van der Waals surface area contributed by atoms with Crippen LogP contribution in [0.1, 0.15) is 26.8 Å². The Kier molecular flexibility index (Phi) is 5.37. The smallest absolute Gasteiger partial charge is 0.294 e. The summed E-state index contributed by atoms with van der Waals surface area (Å²) in [5.41, 5.74) is 1.94. The number of anilines is 1. The lowest BCUT2D eigenvalue weighted by atomic mass is 9.94. The molecule has 0 bridgehead atoms. The molecule has 4 rings (SSSR count). The average Bonchev–Trinajstić information content (AvgIpc) is 3.37. The molecule has 0 saturated heterocycles. The Bertz CT molecular complexity index is 1170. The number of benzene rings is 2. The maximum atomic E-state index is 13.3. The van der Waals surface area contributed by atoms with E-state index in [-0.39, 0.29) is 5.57 Å². The monoisotopic (exact) mass is 439 g/mol. The summed E-state index contributed by atoms with van der Waals surface area (Å²) in [7, 11) is 1.52. The van der Waals surface area contributed by atoms with Crippen molar-refractivity contribution in [3.8, 4) is 5.75 Å². The highest BCUT2D eigenvalue weighted by Crippen LogP contribution is 2.45. The zero-order valence-electron chi connectivity index (χ0n) is 16.3. The fraction of sp³-hybridized carbons (Fsp3) is 0.130. The highest BCUT2D eigenvalue weighted by molar-refractivity contribution is 7.12. The minimum Gasteiger partial charge on any atom is -0.503 e. The molecule has 1 amide bonds. The molecule has 1 N–H and O–H groups in total. The van der Waals surface area contributed by atoms with Gasteiger partial charge in [0.15, 0.2) is 5.76 Å². The van der Waals surface area contributed by atoms with Gasteiger partial charge in [0.25, 0.3) is 5.91 Å². The van der Waals surface area contributed by atoms with Crippen LogP contribution in [0.3, 0.4) is 0 Å². The zero-order valence-corrected chi connectivity index (χ0v) is 17.8. The first-order valence-corrected chi connectivity index (χ1v) is 10.4. The summed E-state index contributed by atoms with van der Waals surface area (Å²) >= 11 is 7.56. The van der Waals surface area contributed by atoms with Crippen LogP contribution in [0.5, 0.6) is 5.75 Å². The lowest BCUT2D eigenvalue weighted by Gasteiger charge is -2.28. The van der Waals surface area contributed by atoms with E-state index in [4.69, 9.17) is 16.3 Å². The molecule has 0 saturated carbocycles. The first kappa shape index (κ1) is 20.2. The number of ketones is 1. The van der Waals surface area contributed by atoms with Gasteiger partial charge in [-0.15, -0.1) is 11.3 Å². The number of methoxy groups -OCH3 is 1. The standard InChI is InChI=1S/C23H18ClNO4S/c1-13-9-10-14(12-16(13)24)25-20(15-6-3-4-7-17(15)29-2)19(22(27)23(25)28)21(26)18-8-5-11-30-18/h3-12,20,27H,1-2H3. The number of para-hydroxylation sites is 1. The molecule has 7 heteroatoms. The number of aliphatic hydroxyl groups excluding tert-OH is 1. The number of halogens is 1. The van der Waals surface area contributed by atoms with E-state index >= 15 is 0 Å². The van der Waals surface area contributed by atoms with Crippen molar-refractivity contribution in [1.82, 2.24) is 0 Å². The third-order valence-electron chi connectivity index (χ3n) is 5.06. The summed E-state index contributed by atoms with van der Waals surface area (Å²) in [6.07, 6.45) is 0. The van der Waals surface area contributed by atoms with Crippen LogP contribution in [0, 0.1) is 6.92 Å². The number of carbonyl (C=O) groups is 2. The molecule has 0 fully saturated rings. The van der Waals surface area contributed by atoms with E-state index in [1.165, 1.54) is 23.3 Å². The molecule has 5 nitrogen and oxygen atoms in total. The zero-order chi connectivity index (χ0) is 21.4. The molecule has 1 aliphatic heterocycles. The summed E-state index contributed by atoms with van der Waals surface area (Å²) in [6.45, 7) is 1.86. The third-order valence-corrected chi connectivity index (χ3v) is 6.34. The third kappa shape index (κ3) is 3.28. The number of aryl methyl sites for hydroxylation is 1. The number of amides is 1. The van der Waals surface area contributed by atoms with Gasteiger partial charge in [0.05, 0.1) is 23.6 Å². The molecule has 30 heavy (non-hydrogen) atoms. The average molecular weight is 440 g/mol. The lowest BCUT2D eigenvalue weighted by molar-refractivity contribution is -0.117. The van der Waals surface area contributed by atoms with Crippen LogP contribution in [0.4, 0.5) is 5.69 Å². The van der Waals surface area contributed by atoms with Crippen LogP contribution in [0.25, 0.3) is 0 Å². The minimum absolute atomic E-state index is 0.0173. The van der Waals surface area contributed by atoms with Crippen LogP contribution in [0.15, 0.2) is 71.3 Å². The summed E-state index contributed by atoms with van der Waals surface area (Å²) in [4.78, 5) is 28.3. The Labute approximate surface area is 182 Å². The van der Waals surface area contributed by atoms with Gasteiger partial charge in [-0.1, -0.05) is 41.9 Å². The molecule has 3 aromatic rings. The van der Waals surface area contributed by atoms with Crippen LogP contribution >= 0.6 is 22.9 Å². The molecule has 0 radical (unpaired) electrons. The van der Waals surface area contributed by atoms with E-state index in [1.807, 2.05) is 6.92 Å². The highest BCUT2D eigenvalue weighted by Gasteiger charge is 2.45. The van der Waals surface area contributed by atoms with Gasteiger partial charge in [0, 0.05) is 16.3 Å². The highest BCUT2D eigenvalue weighted by atomic mass is 35.5. The largest absolute Gasteiger partial charge is 0.503 e. The van der Waals surface area contributed by atoms with Crippen molar-refractivity contribution >= 4 is 40.3 Å². The first-order chi connectivity index (χ1) is 14.4. The lowest BCUT2D eigenvalue weighted by Crippen LogP contribution is -2.31. The van der Waals surface area contributed by atoms with Crippen molar-refractivity contribution < 1.29 is 19.4 Å². The Morgan fingerprint density at radius 2 is 1.93 bits per heavy atom. The molecule has 2 aromatic carbocycles. The van der Waals surface area contributed by atoms with E-state index in [9.17, 15) is 14.7 Å². The van der Waals surface area contributed by atoms with E-state index in [2.05, 4.69) is 0 Å². The normalized spacial score (nSPS) is 16.3. The predicted octanol–water partition coefficient (Wildman–Crippen LogP) is 5.50. The van der Waals surface area contributed by atoms with E-state index in [1.54, 1.807) is 60.0 Å². The minimum atomic E-state index is -0.859. The molecule has 0 spiro atoms. The Balaban J connectivity index is 1.93. The number of Topliss-reactive ketones (excluding diaryl/α,β-unsaturated/α-hetero) is 1. The first-order valence-electron chi connectivity index (χ1n) is 9.18. The molecular formula is C23H18ClNO4S. The van der Waals surface area contributed by atoms with Crippen molar-refractivity contribution in [2.24, 2.45) is 0 Å². The predicted molar refractivity (Wildman–Crippen MR) is 118 cm³/mol. The fourth-order valence-electron chi connectivity index (χ4n) is 3.56. The fourth-order valence-corrected chi connectivity index (χ4v) is 4.41. The van der Waals surface area contributed by atoms with E-state index in [0.717, 1.165) is 5.56 Å². The number of ether oxygens (including phenoxy) is 1. The Morgan fingerprint density at radius 3 is 2.60 bits per heavy atom. The number of aliphatic hydroxyl groups is 1. The molecule has 2 heterocycles. The number of hydrogen-bond donors (Lipinski definition) is 1. The summed E-state index contributed by atoms with van der Waals surface area (Å²) in [5.74, 6) is -1.12. The van der Waals surface area contributed by atoms with Gasteiger partial charge in [0.1, 0.15) is 5.75 Å². The van der Waals surface area contributed by atoms with Gasteiger partial charge >= 0.3 is 0 Å². The molecule has 1 aliphatic rings. The SMILES string of the molecule is COc1ccccc1C1C(C(=O)c2cccs2)=C(O)C(=O)N1c1ccc(C)c(Cl)c1. The van der Waals surface area contributed by atoms with E-state index < -0.39 is 23.5 Å². The van der Waals surface area contributed by atoms with Crippen molar-refractivity contribution in [2.75, 3.05) is 12.0 Å². The molecule has 1 aromatic heterocycles. The Morgan fingerprint density at radius 1 is 1.17 bits per heavy atom. The molecule has 152 valence electrons. The number of rotatable bonds is 5. The van der Waals surface area contributed by atoms with Gasteiger partial charge in [-0.2, -0.15) is 0 Å². The van der Waals surface area contributed by atoms with Crippen LogP contribution < -0.4 is 9.64 Å². The van der Waals surface area contributed by atoms with E-state index in [0.29, 0.717) is 26.9 Å². The van der Waals surface area contributed by atoms with Crippen LogP contribution in [0.2, 0.25) is 5.02 Å². The molecule has 1 atom stereocenters. The molecular weight excluding hydrogens is 422 g/mol. The Hall–Kier alpha value is -3.09. The topological polar surface area (TPSA) is 66.8 Å². The molecule has 1 unspecified atom stereocenters. The second-order valence-corrected chi connectivity index (χ2v) is 8.18. The van der Waals surface area contributed by atoms with Crippen molar-refractivity contribution in [3.63, 3.8) is 0 Å². The number of thiophene rings is 1. The van der Waals surface area contributed by atoms with Gasteiger partial charge in [-0.3, -0.25) is 14.5 Å². The summed E-state index contributed by atoms with van der Waals surface area (Å²) < 4.78 is 5.50. The van der Waals surface area contributed by atoms with Gasteiger partial charge in [-0.25, -0.2) is 0 Å². The second-order valence-electron chi connectivity index (χ2n) is 6.82. The van der Waals surface area contributed by atoms with Crippen LogP contribution in [-0.4, -0.2) is 23.9 Å². The maximum absolute atomic E-state index is 13.3. The summed E-state index contributed by atoms with van der Waals surface area (Å²) in [5, 5.41) is 13.0. The quantitative estimate of drug-likeness (QED) is 0.533. The molecule has 0 aliphatic carbocycles. The summed E-state index contributed by atoms with van der Waals surface area (Å²) in [6, 6.07) is 14.9. The second kappa shape index (κ2) is 7.97. The van der Waals surface area contributed by atoms with Gasteiger partial charge in [-0.05, 0) is 42.1 Å². The van der Waals surface area contributed by atoms with Crippen molar-refractivity contribution in [2.45, 2.75) is 13.0 Å². The number of hydrogen-bond acceptors (Lipinski definition) is 5. The van der Waals surface area contributed by atoms with Crippen LogP contribution in [-0.2, 0) is 4.79 Å². The van der Waals surface area contributed by atoms with Crippen molar-refractivity contribution in [3.05, 3.63) is 92.3 Å².